The molecule has 0 nitrogen and oxygen atoms in total. The van der Waals surface area contributed by atoms with E-state index in [1.165, 1.54) is 99.1 Å². The Kier molecular flexibility index (Phi) is 11.8. The number of hydrogen-bond acceptors (Lipinski definition) is 0. The summed E-state index contributed by atoms with van der Waals surface area (Å²) < 4.78 is 1.42. The number of rotatable bonds is 5. The third-order valence-electron chi connectivity index (χ3n) is 8.19. The molecule has 1 aliphatic rings. The fourth-order valence-corrected chi connectivity index (χ4v) is 6.90. The van der Waals surface area contributed by atoms with Crippen LogP contribution in [0.5, 0.6) is 0 Å². The van der Waals surface area contributed by atoms with Crippen molar-refractivity contribution in [3.8, 4) is 0 Å². The van der Waals surface area contributed by atoms with Gasteiger partial charge in [0, 0.05) is 0 Å². The van der Waals surface area contributed by atoms with Crippen molar-refractivity contribution >= 4 is 30.3 Å². The van der Waals surface area contributed by atoms with E-state index >= 15 is 0 Å². The van der Waals surface area contributed by atoms with E-state index < -0.39 is 0 Å². The van der Waals surface area contributed by atoms with Crippen molar-refractivity contribution in [3.05, 3.63) is 142 Å². The second-order valence-electron chi connectivity index (χ2n) is 10.6. The molecule has 1 aliphatic carbocycles. The third-order valence-corrected chi connectivity index (χ3v) is 9.60. The summed E-state index contributed by atoms with van der Waals surface area (Å²) in [5.74, 6) is 0. The number of fused-ring (bicyclic) bond motifs is 3. The molecule has 41 heavy (non-hydrogen) atoms. The van der Waals surface area contributed by atoms with E-state index in [1.54, 1.807) is 0 Å². The van der Waals surface area contributed by atoms with Crippen molar-refractivity contribution in [2.45, 2.75) is 53.9 Å². The molecule has 0 aromatic heterocycles. The second kappa shape index (κ2) is 14.6. The summed E-state index contributed by atoms with van der Waals surface area (Å²) in [5, 5.41) is 5.81. The van der Waals surface area contributed by atoms with Gasteiger partial charge in [0.15, 0.2) is 0 Å². The molecule has 0 saturated heterocycles. The fourth-order valence-electron chi connectivity index (χ4n) is 6.08. The van der Waals surface area contributed by atoms with Crippen LogP contribution in [0, 0.1) is 20.8 Å². The normalized spacial score (nSPS) is 11.9. The molecule has 0 bridgehead atoms. The van der Waals surface area contributed by atoms with Gasteiger partial charge in [0.05, 0.1) is 0 Å². The van der Waals surface area contributed by atoms with Crippen molar-refractivity contribution in [1.82, 2.24) is 0 Å². The van der Waals surface area contributed by atoms with Gasteiger partial charge in [0.1, 0.15) is 0 Å². The van der Waals surface area contributed by atoms with E-state index in [0.717, 1.165) is 19.3 Å². The van der Waals surface area contributed by atoms with Gasteiger partial charge < -0.3 is 24.8 Å². The molecule has 3 heteroatoms. The average molecular weight is 656 g/mol. The SMILES string of the molecule is CCc1cc(C)c2c(c1)[cH-]c1c(C3=CC=CC3)c(CC)c(C)c(C)c12.[Cl-].[Cl-].[Zr+2]=[C](c1ccccc1)c1ccccc1. The van der Waals surface area contributed by atoms with Crippen molar-refractivity contribution < 1.29 is 49.0 Å². The number of halogens is 2. The monoisotopic (exact) mass is 653 g/mol. The first-order valence-electron chi connectivity index (χ1n) is 14.1. The third kappa shape index (κ3) is 6.64. The number of allylic oxidation sites excluding steroid dienone is 4. The zero-order valence-corrected chi connectivity index (χ0v) is 28.6. The van der Waals surface area contributed by atoms with Gasteiger partial charge in [-0.3, -0.25) is 0 Å². The van der Waals surface area contributed by atoms with E-state index in [2.05, 4.69) is 132 Å². The van der Waals surface area contributed by atoms with Crippen LogP contribution in [0.4, 0.5) is 0 Å². The van der Waals surface area contributed by atoms with Crippen molar-refractivity contribution in [3.63, 3.8) is 0 Å². The van der Waals surface area contributed by atoms with Gasteiger partial charge in [0.25, 0.3) is 0 Å². The average Bonchev–Trinajstić information content (AvgIpc) is 3.64. The van der Waals surface area contributed by atoms with Crippen LogP contribution in [0.15, 0.2) is 97.1 Å². The quantitative estimate of drug-likeness (QED) is 0.252. The molecule has 0 heterocycles. The molecule has 0 aliphatic heterocycles. The van der Waals surface area contributed by atoms with Crippen LogP contribution in [0.3, 0.4) is 0 Å². The van der Waals surface area contributed by atoms with E-state index in [9.17, 15) is 0 Å². The molecule has 0 atom stereocenters. The number of benzene rings is 4. The Bertz CT molecular complexity index is 1680. The topological polar surface area (TPSA) is 0 Å². The van der Waals surface area contributed by atoms with Crippen molar-refractivity contribution in [1.29, 1.82) is 0 Å². The van der Waals surface area contributed by atoms with Crippen LogP contribution in [-0.2, 0) is 37.1 Å². The minimum atomic E-state index is 0. The first kappa shape index (κ1) is 33.1. The van der Waals surface area contributed by atoms with Crippen LogP contribution in [0.2, 0.25) is 0 Å². The van der Waals surface area contributed by atoms with Crippen LogP contribution < -0.4 is 24.8 Å². The van der Waals surface area contributed by atoms with Gasteiger partial charge in [-0.05, 0) is 40.0 Å². The molecule has 0 N–H and O–H groups in total. The molecule has 5 aromatic carbocycles. The summed E-state index contributed by atoms with van der Waals surface area (Å²) in [5.41, 5.74) is 13.0. The zero-order chi connectivity index (χ0) is 27.5. The van der Waals surface area contributed by atoms with Crippen molar-refractivity contribution in [2.24, 2.45) is 0 Å². The molecular weight excluding hydrogens is 619 g/mol. The van der Waals surface area contributed by atoms with Gasteiger partial charge in [-0.2, -0.15) is 0 Å². The molecule has 6 rings (SSSR count). The molecule has 5 aromatic rings. The van der Waals surface area contributed by atoms with Crippen LogP contribution in [0.25, 0.3) is 27.1 Å². The van der Waals surface area contributed by atoms with Gasteiger partial charge in [-0.15, -0.1) is 33.7 Å². The Labute approximate surface area is 273 Å². The summed E-state index contributed by atoms with van der Waals surface area (Å²) in [4.78, 5) is 0. The minimum absolute atomic E-state index is 0. The van der Waals surface area contributed by atoms with Crippen LogP contribution in [-0.4, -0.2) is 3.21 Å². The summed E-state index contributed by atoms with van der Waals surface area (Å²) >= 11 is 1.46. The van der Waals surface area contributed by atoms with Gasteiger partial charge >= 0.3 is 99.2 Å². The Morgan fingerprint density at radius 3 is 1.90 bits per heavy atom. The van der Waals surface area contributed by atoms with E-state index in [-0.39, 0.29) is 24.8 Å². The van der Waals surface area contributed by atoms with Gasteiger partial charge in [-0.25, -0.2) is 0 Å². The predicted molar refractivity (Wildman–Crippen MR) is 168 cm³/mol. The molecule has 208 valence electrons. The maximum atomic E-state index is 2.46. The van der Waals surface area contributed by atoms with Gasteiger partial charge in [-0.1, -0.05) is 77.1 Å². The first-order valence-corrected chi connectivity index (χ1v) is 15.4. The Hall–Kier alpha value is -2.44. The standard InChI is InChI=1S/C25H27.C13H10.2ClH.Zr/c1-6-18-12-15(3)23-20(13-18)14-22-24(23)17(5)16(4)21(7-2)25(22)19-10-8-9-11-19;1-3-7-12(8-4-1)11-13-9-5-2-6-10-13;;;/h8-10,12-14H,6-7,11H2,1-5H3;1-10H;2*1H;/q-1;;;;+2/p-2. The Morgan fingerprint density at radius 2 is 1.39 bits per heavy atom. The fraction of sp³-hybridized carbons (Fsp3) is 0.211. The molecular formula is C38H37Cl2Zr-. The molecule has 0 unspecified atom stereocenters. The van der Waals surface area contributed by atoms with Crippen LogP contribution >= 0.6 is 0 Å². The molecule has 0 spiro atoms. The van der Waals surface area contributed by atoms with Crippen LogP contribution in [0.1, 0.15) is 64.8 Å². The van der Waals surface area contributed by atoms with E-state index in [1.807, 2.05) is 0 Å². The Morgan fingerprint density at radius 1 is 0.780 bits per heavy atom. The zero-order valence-electron chi connectivity index (χ0n) is 24.6. The number of hydrogen-bond donors (Lipinski definition) is 0. The van der Waals surface area contributed by atoms with E-state index in [0.29, 0.717) is 0 Å². The first-order chi connectivity index (χ1) is 18.9. The van der Waals surface area contributed by atoms with Crippen molar-refractivity contribution in [2.75, 3.05) is 0 Å². The van der Waals surface area contributed by atoms with E-state index in [4.69, 9.17) is 0 Å². The maximum absolute atomic E-state index is 2.46. The summed E-state index contributed by atoms with van der Waals surface area (Å²) in [6.45, 7) is 11.4. The molecule has 0 radical (unpaired) electrons. The number of aryl methyl sites for hydroxylation is 3. The summed E-state index contributed by atoms with van der Waals surface area (Å²) in [6.07, 6.45) is 10.0. The summed E-state index contributed by atoms with van der Waals surface area (Å²) in [6, 6.07) is 28.3. The molecule has 0 saturated carbocycles. The predicted octanol–water partition coefficient (Wildman–Crippen LogP) is 3.92. The summed E-state index contributed by atoms with van der Waals surface area (Å²) in [7, 11) is 0. The second-order valence-corrected chi connectivity index (χ2v) is 11.8. The molecule has 0 fully saturated rings. The van der Waals surface area contributed by atoms with Gasteiger partial charge in [0.2, 0.25) is 0 Å². The Balaban J connectivity index is 0.000000248. The molecule has 0 amide bonds.